The third-order valence-corrected chi connectivity index (χ3v) is 3.41. The second-order valence-corrected chi connectivity index (χ2v) is 5.08. The van der Waals surface area contributed by atoms with Gasteiger partial charge in [-0.1, -0.05) is 18.2 Å². The zero-order valence-electron chi connectivity index (χ0n) is 12.3. The van der Waals surface area contributed by atoms with E-state index < -0.39 is 11.7 Å². The summed E-state index contributed by atoms with van der Waals surface area (Å²) >= 11 is 0. The summed E-state index contributed by atoms with van der Waals surface area (Å²) < 4.78 is 38.3. The second kappa shape index (κ2) is 6.23. The van der Waals surface area contributed by atoms with E-state index in [4.69, 9.17) is 0 Å². The molecule has 0 N–H and O–H groups in total. The van der Waals surface area contributed by atoms with Crippen LogP contribution in [0.5, 0.6) is 0 Å². The maximum Gasteiger partial charge on any atom is 0.416 e. The number of rotatable bonds is 3. The molecule has 0 spiro atoms. The molecule has 2 heterocycles. The Morgan fingerprint density at radius 3 is 2.42 bits per heavy atom. The molecule has 0 unspecified atom stereocenters. The van der Waals surface area contributed by atoms with Crippen LogP contribution in [0, 0.1) is 0 Å². The molecule has 120 valence electrons. The fourth-order valence-corrected chi connectivity index (χ4v) is 2.16. The van der Waals surface area contributed by atoms with Crippen molar-refractivity contribution in [3.8, 4) is 0 Å². The molecule has 0 radical (unpaired) electrons. The van der Waals surface area contributed by atoms with Crippen LogP contribution < -0.4 is 0 Å². The molecule has 3 aromatic rings. The van der Waals surface area contributed by atoms with E-state index in [9.17, 15) is 18.0 Å². The van der Waals surface area contributed by atoms with Gasteiger partial charge in [0.25, 0.3) is 0 Å². The average Bonchev–Trinajstić information content (AvgIpc) is 2.59. The van der Waals surface area contributed by atoms with Crippen molar-refractivity contribution in [2.75, 3.05) is 0 Å². The smallest absolute Gasteiger partial charge is 0.288 e. The van der Waals surface area contributed by atoms with E-state index in [-0.39, 0.29) is 17.0 Å². The lowest BCUT2D eigenvalue weighted by Gasteiger charge is -2.07. The standard InChI is InChI=1S/C18H11F3N2O/c19-18(20,21)14-4-2-13-3-5-15(23-16(13)11-14)17(24)6-1-12-7-9-22-10-8-12/h1-11H/b6-1+. The predicted octanol–water partition coefficient (Wildman–Crippen LogP) is 4.54. The average molecular weight is 328 g/mol. The van der Waals surface area contributed by atoms with Crippen LogP contribution in [0.3, 0.4) is 0 Å². The second-order valence-electron chi connectivity index (χ2n) is 5.08. The topological polar surface area (TPSA) is 42.9 Å². The first kappa shape index (κ1) is 15.9. The Morgan fingerprint density at radius 2 is 1.71 bits per heavy atom. The summed E-state index contributed by atoms with van der Waals surface area (Å²) in [5.41, 5.74) is 0.220. The van der Waals surface area contributed by atoms with Gasteiger partial charge in [-0.2, -0.15) is 13.2 Å². The minimum atomic E-state index is -4.45. The summed E-state index contributed by atoms with van der Waals surface area (Å²) in [5.74, 6) is -0.383. The quantitative estimate of drug-likeness (QED) is 0.523. The molecule has 3 rings (SSSR count). The van der Waals surface area contributed by atoms with Gasteiger partial charge in [-0.25, -0.2) is 4.98 Å². The molecule has 3 nitrogen and oxygen atoms in total. The van der Waals surface area contributed by atoms with Crippen molar-refractivity contribution >= 4 is 22.8 Å². The van der Waals surface area contributed by atoms with Crippen molar-refractivity contribution in [1.82, 2.24) is 9.97 Å². The number of hydrogen-bond donors (Lipinski definition) is 0. The van der Waals surface area contributed by atoms with Gasteiger partial charge >= 0.3 is 6.18 Å². The van der Waals surface area contributed by atoms with Gasteiger partial charge in [-0.15, -0.1) is 0 Å². The van der Waals surface area contributed by atoms with E-state index in [0.717, 1.165) is 17.7 Å². The summed E-state index contributed by atoms with van der Waals surface area (Å²) in [6.07, 6.45) is 1.67. The van der Waals surface area contributed by atoms with Crippen LogP contribution in [0.2, 0.25) is 0 Å². The zero-order valence-corrected chi connectivity index (χ0v) is 12.3. The molecular formula is C18H11F3N2O. The summed E-state index contributed by atoms with van der Waals surface area (Å²) in [6.45, 7) is 0. The fraction of sp³-hybridized carbons (Fsp3) is 0.0556. The third-order valence-electron chi connectivity index (χ3n) is 3.41. The van der Waals surface area contributed by atoms with Gasteiger partial charge in [0.15, 0.2) is 0 Å². The molecule has 0 fully saturated rings. The van der Waals surface area contributed by atoms with Gasteiger partial charge in [0.05, 0.1) is 11.1 Å². The number of hydrogen-bond acceptors (Lipinski definition) is 3. The van der Waals surface area contributed by atoms with Crippen LogP contribution in [0.4, 0.5) is 13.2 Å². The Balaban J connectivity index is 1.92. The molecule has 0 amide bonds. The van der Waals surface area contributed by atoms with Crippen molar-refractivity contribution in [1.29, 1.82) is 0 Å². The first-order chi connectivity index (χ1) is 11.4. The monoisotopic (exact) mass is 328 g/mol. The van der Waals surface area contributed by atoms with E-state index in [1.165, 1.54) is 18.2 Å². The number of carbonyl (C=O) groups excluding carboxylic acids is 1. The Labute approximate surface area is 135 Å². The largest absolute Gasteiger partial charge is 0.416 e. The van der Waals surface area contributed by atoms with Crippen LogP contribution >= 0.6 is 0 Å². The molecule has 0 atom stereocenters. The highest BCUT2D eigenvalue weighted by molar-refractivity contribution is 6.06. The highest BCUT2D eigenvalue weighted by atomic mass is 19.4. The Hall–Kier alpha value is -3.02. The normalized spacial score (nSPS) is 12.0. The van der Waals surface area contributed by atoms with Crippen molar-refractivity contribution in [2.24, 2.45) is 0 Å². The number of fused-ring (bicyclic) bond motifs is 1. The molecule has 0 aliphatic carbocycles. The number of pyridine rings is 2. The first-order valence-electron chi connectivity index (χ1n) is 7.04. The van der Waals surface area contributed by atoms with Gasteiger partial charge in [0.1, 0.15) is 5.69 Å². The number of alkyl halides is 3. The fourth-order valence-electron chi connectivity index (χ4n) is 2.16. The first-order valence-corrected chi connectivity index (χ1v) is 7.04. The number of halogens is 3. The van der Waals surface area contributed by atoms with Crippen LogP contribution in [-0.2, 0) is 6.18 Å². The summed E-state index contributed by atoms with van der Waals surface area (Å²) in [7, 11) is 0. The maximum atomic E-state index is 12.8. The molecule has 6 heteroatoms. The predicted molar refractivity (Wildman–Crippen MR) is 84.3 cm³/mol. The van der Waals surface area contributed by atoms with Crippen molar-refractivity contribution in [3.05, 3.63) is 77.8 Å². The number of allylic oxidation sites excluding steroid dienone is 1. The molecule has 0 aliphatic rings. The Bertz CT molecular complexity index is 918. The molecule has 24 heavy (non-hydrogen) atoms. The zero-order chi connectivity index (χ0) is 17.2. The van der Waals surface area contributed by atoms with Crippen molar-refractivity contribution in [3.63, 3.8) is 0 Å². The number of nitrogens with zero attached hydrogens (tertiary/aromatic N) is 2. The summed E-state index contributed by atoms with van der Waals surface area (Å²) in [6, 6.07) is 9.81. The highest BCUT2D eigenvalue weighted by Crippen LogP contribution is 2.31. The minimum Gasteiger partial charge on any atom is -0.288 e. The summed E-state index contributed by atoms with van der Waals surface area (Å²) in [4.78, 5) is 20.1. The van der Waals surface area contributed by atoms with Gasteiger partial charge in [0.2, 0.25) is 5.78 Å². The molecule has 1 aromatic carbocycles. The Morgan fingerprint density at radius 1 is 1.00 bits per heavy atom. The number of aromatic nitrogens is 2. The van der Waals surface area contributed by atoms with Crippen LogP contribution in [0.15, 0.2) is 60.9 Å². The molecule has 0 bridgehead atoms. The van der Waals surface area contributed by atoms with Gasteiger partial charge in [-0.05, 0) is 42.0 Å². The third kappa shape index (κ3) is 3.48. The maximum absolute atomic E-state index is 12.8. The van der Waals surface area contributed by atoms with Gasteiger partial charge < -0.3 is 0 Å². The van der Waals surface area contributed by atoms with E-state index in [1.807, 2.05) is 0 Å². The lowest BCUT2D eigenvalue weighted by Crippen LogP contribution is -2.05. The minimum absolute atomic E-state index is 0.0899. The number of benzene rings is 1. The van der Waals surface area contributed by atoms with Crippen molar-refractivity contribution < 1.29 is 18.0 Å². The van der Waals surface area contributed by atoms with E-state index >= 15 is 0 Å². The summed E-state index contributed by atoms with van der Waals surface area (Å²) in [5, 5.41) is 0.540. The lowest BCUT2D eigenvalue weighted by molar-refractivity contribution is -0.137. The molecular weight excluding hydrogens is 317 g/mol. The number of ketones is 1. The molecule has 0 saturated heterocycles. The lowest BCUT2D eigenvalue weighted by atomic mass is 10.1. The van der Waals surface area contributed by atoms with Gasteiger partial charge in [-0.3, -0.25) is 9.78 Å². The van der Waals surface area contributed by atoms with Crippen LogP contribution in [-0.4, -0.2) is 15.8 Å². The van der Waals surface area contributed by atoms with E-state index in [0.29, 0.717) is 5.39 Å². The van der Waals surface area contributed by atoms with Crippen LogP contribution in [0.25, 0.3) is 17.0 Å². The SMILES string of the molecule is O=C(/C=C/c1ccncc1)c1ccc2ccc(C(F)(F)F)cc2n1. The highest BCUT2D eigenvalue weighted by Gasteiger charge is 2.30. The van der Waals surface area contributed by atoms with E-state index in [2.05, 4.69) is 9.97 Å². The molecule has 0 saturated carbocycles. The molecule has 2 aromatic heterocycles. The number of carbonyl (C=O) groups is 1. The van der Waals surface area contributed by atoms with E-state index in [1.54, 1.807) is 36.7 Å². The van der Waals surface area contributed by atoms with Gasteiger partial charge in [0, 0.05) is 17.8 Å². The molecule has 0 aliphatic heterocycles. The van der Waals surface area contributed by atoms with Crippen molar-refractivity contribution in [2.45, 2.75) is 6.18 Å². The Kier molecular flexibility index (Phi) is 4.12. The van der Waals surface area contributed by atoms with Crippen LogP contribution in [0.1, 0.15) is 21.6 Å².